The summed E-state index contributed by atoms with van der Waals surface area (Å²) in [4.78, 5) is 2.40. The molecule has 0 aromatic heterocycles. The van der Waals surface area contributed by atoms with Gasteiger partial charge in [-0.25, -0.2) is 0 Å². The third-order valence-electron chi connectivity index (χ3n) is 4.54. The molecule has 0 bridgehead atoms. The molecule has 2 heteroatoms. The first kappa shape index (κ1) is 18.0. The molecule has 0 heterocycles. The number of anilines is 1. The van der Waals surface area contributed by atoms with Gasteiger partial charge in [-0.1, -0.05) is 31.5 Å². The summed E-state index contributed by atoms with van der Waals surface area (Å²) in [5.74, 6) is 0. The summed E-state index contributed by atoms with van der Waals surface area (Å²) in [6, 6.07) is 8.84. The van der Waals surface area contributed by atoms with Crippen LogP contribution in [-0.2, 0) is 0 Å². The Morgan fingerprint density at radius 1 is 1.00 bits per heavy atom. The molecule has 1 N–H and O–H groups in total. The molecule has 0 saturated heterocycles. The molecule has 0 aliphatic rings. The van der Waals surface area contributed by atoms with Crippen LogP contribution in [0.5, 0.6) is 0 Å². The van der Waals surface area contributed by atoms with E-state index in [1.807, 2.05) is 0 Å². The van der Waals surface area contributed by atoms with Gasteiger partial charge >= 0.3 is 0 Å². The molecule has 0 saturated carbocycles. The number of nitrogens with zero attached hydrogens (tertiary/aromatic N) is 1. The van der Waals surface area contributed by atoms with Crippen LogP contribution >= 0.6 is 0 Å². The maximum absolute atomic E-state index is 3.70. The van der Waals surface area contributed by atoms with Crippen LogP contribution in [0.15, 0.2) is 24.3 Å². The Morgan fingerprint density at radius 3 is 1.95 bits per heavy atom. The Hall–Kier alpha value is -1.02. The second kappa shape index (κ2) is 7.31. The van der Waals surface area contributed by atoms with E-state index in [-0.39, 0.29) is 5.54 Å². The molecule has 0 atom stereocenters. The minimum atomic E-state index is 0.179. The van der Waals surface area contributed by atoms with Gasteiger partial charge in [0.2, 0.25) is 0 Å². The van der Waals surface area contributed by atoms with Crippen molar-refractivity contribution in [1.29, 1.82) is 0 Å². The zero-order valence-electron chi connectivity index (χ0n) is 15.1. The molecule has 0 fully saturated rings. The molecule has 0 radical (unpaired) electrons. The molecule has 0 unspecified atom stereocenters. The Labute approximate surface area is 131 Å². The second-order valence-electron chi connectivity index (χ2n) is 7.50. The lowest BCUT2D eigenvalue weighted by Crippen LogP contribution is -2.48. The van der Waals surface area contributed by atoms with Crippen molar-refractivity contribution >= 4 is 5.69 Å². The van der Waals surface area contributed by atoms with Gasteiger partial charge in [0.25, 0.3) is 0 Å². The van der Waals surface area contributed by atoms with E-state index in [9.17, 15) is 0 Å². The van der Waals surface area contributed by atoms with E-state index in [0.717, 1.165) is 13.1 Å². The van der Waals surface area contributed by atoms with Gasteiger partial charge in [-0.3, -0.25) is 0 Å². The molecule has 0 aliphatic carbocycles. The highest BCUT2D eigenvalue weighted by molar-refractivity contribution is 5.46. The quantitative estimate of drug-likeness (QED) is 0.788. The number of hydrogen-bond acceptors (Lipinski definition) is 2. The number of nitrogens with one attached hydrogen (secondary N) is 1. The topological polar surface area (TPSA) is 15.3 Å². The predicted molar refractivity (Wildman–Crippen MR) is 95.2 cm³/mol. The fraction of sp³-hybridized carbons (Fsp3) is 0.684. The standard InChI is InChI=1S/C19H34N2/c1-8-19(9-2,14-20-18(4,5)6)15-21(7)17-12-10-16(3)11-13-17/h10-13,20H,8-9,14-15H2,1-7H3. The zero-order chi connectivity index (χ0) is 16.1. The van der Waals surface area contributed by atoms with E-state index in [2.05, 4.69) is 83.1 Å². The first-order valence-electron chi connectivity index (χ1n) is 8.24. The molecular weight excluding hydrogens is 256 g/mol. The Morgan fingerprint density at radius 2 is 1.52 bits per heavy atom. The summed E-state index contributed by atoms with van der Waals surface area (Å²) in [5, 5.41) is 3.70. The van der Waals surface area contributed by atoms with Crippen molar-refractivity contribution in [2.45, 2.75) is 59.9 Å². The van der Waals surface area contributed by atoms with Gasteiger partial charge in [-0.15, -0.1) is 0 Å². The number of benzene rings is 1. The molecule has 1 aromatic carbocycles. The summed E-state index contributed by atoms with van der Waals surface area (Å²) in [5.41, 5.74) is 3.13. The maximum Gasteiger partial charge on any atom is 0.0363 e. The fourth-order valence-corrected chi connectivity index (χ4v) is 2.63. The summed E-state index contributed by atoms with van der Waals surface area (Å²) in [7, 11) is 2.21. The number of rotatable bonds is 7. The van der Waals surface area contributed by atoms with Crippen molar-refractivity contribution in [1.82, 2.24) is 5.32 Å². The third kappa shape index (κ3) is 5.70. The van der Waals surface area contributed by atoms with E-state index < -0.39 is 0 Å². The van der Waals surface area contributed by atoms with Gasteiger partial charge in [0, 0.05) is 31.4 Å². The first-order valence-corrected chi connectivity index (χ1v) is 8.24. The third-order valence-corrected chi connectivity index (χ3v) is 4.54. The van der Waals surface area contributed by atoms with Gasteiger partial charge in [0.15, 0.2) is 0 Å². The van der Waals surface area contributed by atoms with E-state index in [1.54, 1.807) is 0 Å². The van der Waals surface area contributed by atoms with Crippen molar-refractivity contribution in [2.75, 3.05) is 25.0 Å². The first-order chi connectivity index (χ1) is 9.71. The van der Waals surface area contributed by atoms with Crippen molar-refractivity contribution in [3.8, 4) is 0 Å². The molecule has 0 amide bonds. The minimum absolute atomic E-state index is 0.179. The molecule has 2 nitrogen and oxygen atoms in total. The Bertz CT molecular complexity index is 410. The average molecular weight is 290 g/mol. The van der Waals surface area contributed by atoms with Gasteiger partial charge in [-0.2, -0.15) is 0 Å². The van der Waals surface area contributed by atoms with Gasteiger partial charge in [0.05, 0.1) is 0 Å². The lowest BCUT2D eigenvalue weighted by molar-refractivity contribution is 0.228. The summed E-state index contributed by atoms with van der Waals surface area (Å²) in [6.45, 7) is 15.7. The molecular formula is C19H34N2. The number of hydrogen-bond donors (Lipinski definition) is 1. The summed E-state index contributed by atoms with van der Waals surface area (Å²) >= 11 is 0. The molecule has 1 rings (SSSR count). The summed E-state index contributed by atoms with van der Waals surface area (Å²) in [6.07, 6.45) is 2.39. The SMILES string of the molecule is CCC(CC)(CNC(C)(C)C)CN(C)c1ccc(C)cc1. The van der Waals surface area contributed by atoms with E-state index in [1.165, 1.54) is 24.1 Å². The van der Waals surface area contributed by atoms with Crippen LogP contribution in [0.3, 0.4) is 0 Å². The Balaban J connectivity index is 2.78. The van der Waals surface area contributed by atoms with Crippen LogP contribution in [0.4, 0.5) is 5.69 Å². The highest BCUT2D eigenvalue weighted by atomic mass is 15.1. The zero-order valence-corrected chi connectivity index (χ0v) is 15.1. The van der Waals surface area contributed by atoms with Crippen molar-refractivity contribution in [2.24, 2.45) is 5.41 Å². The number of aryl methyl sites for hydroxylation is 1. The van der Waals surface area contributed by atoms with Gasteiger partial charge in [0.1, 0.15) is 0 Å². The summed E-state index contributed by atoms with van der Waals surface area (Å²) < 4.78 is 0. The van der Waals surface area contributed by atoms with Gasteiger partial charge < -0.3 is 10.2 Å². The van der Waals surface area contributed by atoms with Crippen molar-refractivity contribution in [3.05, 3.63) is 29.8 Å². The lowest BCUT2D eigenvalue weighted by Gasteiger charge is -2.39. The van der Waals surface area contributed by atoms with Crippen LogP contribution in [0, 0.1) is 12.3 Å². The largest absolute Gasteiger partial charge is 0.374 e. The molecule has 120 valence electrons. The molecule has 21 heavy (non-hydrogen) atoms. The maximum atomic E-state index is 3.70. The predicted octanol–water partition coefficient (Wildman–Crippen LogP) is 4.63. The minimum Gasteiger partial charge on any atom is -0.374 e. The molecule has 0 spiro atoms. The normalized spacial score (nSPS) is 12.5. The van der Waals surface area contributed by atoms with Gasteiger partial charge in [-0.05, 0) is 58.1 Å². The van der Waals surface area contributed by atoms with Crippen LogP contribution in [0.2, 0.25) is 0 Å². The van der Waals surface area contributed by atoms with Crippen LogP contribution in [-0.4, -0.2) is 25.7 Å². The highest BCUT2D eigenvalue weighted by Crippen LogP contribution is 2.29. The van der Waals surface area contributed by atoms with Crippen LogP contribution < -0.4 is 10.2 Å². The lowest BCUT2D eigenvalue weighted by atomic mass is 9.81. The molecule has 0 aliphatic heterocycles. The second-order valence-corrected chi connectivity index (χ2v) is 7.50. The van der Waals surface area contributed by atoms with E-state index in [0.29, 0.717) is 5.41 Å². The monoisotopic (exact) mass is 290 g/mol. The highest BCUT2D eigenvalue weighted by Gasteiger charge is 2.29. The van der Waals surface area contributed by atoms with E-state index in [4.69, 9.17) is 0 Å². The van der Waals surface area contributed by atoms with Crippen molar-refractivity contribution < 1.29 is 0 Å². The van der Waals surface area contributed by atoms with E-state index >= 15 is 0 Å². The van der Waals surface area contributed by atoms with Crippen molar-refractivity contribution in [3.63, 3.8) is 0 Å². The Kier molecular flexibility index (Phi) is 6.27. The van der Waals surface area contributed by atoms with Crippen LogP contribution in [0.25, 0.3) is 0 Å². The smallest absolute Gasteiger partial charge is 0.0363 e. The molecule has 1 aromatic rings. The average Bonchev–Trinajstić information content (AvgIpc) is 2.43. The fourth-order valence-electron chi connectivity index (χ4n) is 2.63. The van der Waals surface area contributed by atoms with Crippen LogP contribution in [0.1, 0.15) is 53.0 Å².